The highest BCUT2D eigenvalue weighted by atomic mass is 79.9. The summed E-state index contributed by atoms with van der Waals surface area (Å²) in [6.07, 6.45) is 1.30. The molecule has 1 saturated heterocycles. The molecule has 4 nitrogen and oxygen atoms in total. The summed E-state index contributed by atoms with van der Waals surface area (Å²) in [6.45, 7) is 1.13. The summed E-state index contributed by atoms with van der Waals surface area (Å²) in [4.78, 5) is -0.503. The van der Waals surface area contributed by atoms with Crippen molar-refractivity contribution in [2.24, 2.45) is 11.7 Å². The Hall–Kier alpha value is -0.280. The molecule has 0 radical (unpaired) electrons. The van der Waals surface area contributed by atoms with Crippen LogP contribution >= 0.6 is 28.3 Å². The molecule has 0 unspecified atom stereocenters. The molecule has 0 aliphatic carbocycles. The smallest absolute Gasteiger partial charge is 0.246 e. The zero-order chi connectivity index (χ0) is 14.9. The molecule has 0 bridgehead atoms. The van der Waals surface area contributed by atoms with Gasteiger partial charge in [-0.15, -0.1) is 12.4 Å². The molecule has 0 aromatic heterocycles. The van der Waals surface area contributed by atoms with Gasteiger partial charge >= 0.3 is 0 Å². The number of halogens is 4. The quantitative estimate of drug-likeness (QED) is 0.786. The maximum Gasteiger partial charge on any atom is 0.246 e. The van der Waals surface area contributed by atoms with E-state index >= 15 is 0 Å². The minimum absolute atomic E-state index is 0. The van der Waals surface area contributed by atoms with Crippen LogP contribution in [0.15, 0.2) is 21.5 Å². The van der Waals surface area contributed by atoms with Crippen molar-refractivity contribution in [1.82, 2.24) is 4.31 Å². The van der Waals surface area contributed by atoms with Gasteiger partial charge in [0.1, 0.15) is 16.5 Å². The predicted molar refractivity (Wildman–Crippen MR) is 81.8 cm³/mol. The van der Waals surface area contributed by atoms with Crippen LogP contribution in [0.4, 0.5) is 8.78 Å². The van der Waals surface area contributed by atoms with Crippen LogP contribution in [0.3, 0.4) is 0 Å². The van der Waals surface area contributed by atoms with Gasteiger partial charge in [0.15, 0.2) is 0 Å². The zero-order valence-corrected chi connectivity index (χ0v) is 14.3. The monoisotopic (exact) mass is 404 g/mol. The molecule has 0 atom stereocenters. The lowest BCUT2D eigenvalue weighted by molar-refractivity contribution is 0.277. The summed E-state index contributed by atoms with van der Waals surface area (Å²) >= 11 is 2.88. The molecule has 0 spiro atoms. The Morgan fingerprint density at radius 1 is 1.24 bits per heavy atom. The van der Waals surface area contributed by atoms with Crippen molar-refractivity contribution in [3.63, 3.8) is 0 Å². The van der Waals surface area contributed by atoms with E-state index in [0.717, 1.165) is 6.07 Å². The Morgan fingerprint density at radius 2 is 1.81 bits per heavy atom. The first-order chi connectivity index (χ1) is 9.36. The number of rotatable bonds is 3. The minimum atomic E-state index is -3.94. The Labute approximate surface area is 137 Å². The zero-order valence-electron chi connectivity index (χ0n) is 11.1. The molecule has 9 heteroatoms. The van der Waals surface area contributed by atoms with Gasteiger partial charge in [-0.25, -0.2) is 17.2 Å². The van der Waals surface area contributed by atoms with Crippen LogP contribution in [0.25, 0.3) is 0 Å². The third-order valence-corrected chi connectivity index (χ3v) is 6.02. The summed E-state index contributed by atoms with van der Waals surface area (Å²) in [5, 5.41) is 0. The lowest BCUT2D eigenvalue weighted by atomic mass is 9.99. The van der Waals surface area contributed by atoms with E-state index in [1.54, 1.807) is 0 Å². The van der Waals surface area contributed by atoms with Crippen LogP contribution in [-0.2, 0) is 10.0 Å². The van der Waals surface area contributed by atoms with Crippen molar-refractivity contribution < 1.29 is 17.2 Å². The number of benzene rings is 1. The highest BCUT2D eigenvalue weighted by molar-refractivity contribution is 9.10. The molecule has 21 heavy (non-hydrogen) atoms. The SMILES string of the molecule is Cl.NCC1CCN(S(=O)(=O)c2cc(Br)c(F)cc2F)CC1. The fraction of sp³-hybridized carbons (Fsp3) is 0.500. The van der Waals surface area contributed by atoms with Crippen LogP contribution in [0.1, 0.15) is 12.8 Å². The molecule has 1 aromatic carbocycles. The summed E-state index contributed by atoms with van der Waals surface area (Å²) < 4.78 is 52.8. The van der Waals surface area contributed by atoms with E-state index in [0.29, 0.717) is 44.5 Å². The molecule has 1 aliphatic heterocycles. The third kappa shape index (κ3) is 3.92. The molecule has 2 rings (SSSR count). The van der Waals surface area contributed by atoms with Gasteiger partial charge < -0.3 is 5.73 Å². The highest BCUT2D eigenvalue weighted by Crippen LogP contribution is 2.28. The van der Waals surface area contributed by atoms with Gasteiger partial charge in [0, 0.05) is 19.2 Å². The maximum absolute atomic E-state index is 13.7. The van der Waals surface area contributed by atoms with E-state index in [4.69, 9.17) is 5.73 Å². The van der Waals surface area contributed by atoms with Crippen molar-refractivity contribution in [3.8, 4) is 0 Å². The second kappa shape index (κ2) is 7.32. The first-order valence-corrected chi connectivity index (χ1v) is 8.44. The maximum atomic E-state index is 13.7. The number of hydrogen-bond donors (Lipinski definition) is 1. The van der Waals surface area contributed by atoms with Crippen molar-refractivity contribution in [3.05, 3.63) is 28.2 Å². The average molecular weight is 406 g/mol. The molecule has 1 fully saturated rings. The molecular weight excluding hydrogens is 390 g/mol. The van der Waals surface area contributed by atoms with Gasteiger partial charge in [-0.1, -0.05) is 0 Å². The number of nitrogens with zero attached hydrogens (tertiary/aromatic N) is 1. The predicted octanol–water partition coefficient (Wildman–Crippen LogP) is 2.51. The summed E-state index contributed by atoms with van der Waals surface area (Å²) in [5.41, 5.74) is 5.55. The number of hydrogen-bond acceptors (Lipinski definition) is 3. The van der Waals surface area contributed by atoms with Gasteiger partial charge in [0.2, 0.25) is 10.0 Å². The van der Waals surface area contributed by atoms with E-state index in [2.05, 4.69) is 15.9 Å². The molecule has 0 amide bonds. The first kappa shape index (κ1) is 18.8. The highest BCUT2D eigenvalue weighted by Gasteiger charge is 2.31. The summed E-state index contributed by atoms with van der Waals surface area (Å²) in [6, 6.07) is 1.54. The summed E-state index contributed by atoms with van der Waals surface area (Å²) in [5.74, 6) is -1.61. The molecule has 120 valence electrons. The average Bonchev–Trinajstić information content (AvgIpc) is 2.42. The standard InChI is InChI=1S/C12H15BrF2N2O2S.ClH/c13-9-5-12(11(15)6-10(9)14)20(18,19)17-3-1-8(7-16)2-4-17;/h5-6,8H,1-4,7,16H2;1H. The molecule has 2 N–H and O–H groups in total. The van der Waals surface area contributed by atoms with E-state index in [1.165, 1.54) is 4.31 Å². The fourth-order valence-corrected chi connectivity index (χ4v) is 4.26. The lowest BCUT2D eigenvalue weighted by Crippen LogP contribution is -2.40. The van der Waals surface area contributed by atoms with Crippen molar-refractivity contribution in [1.29, 1.82) is 0 Å². The third-order valence-electron chi connectivity index (χ3n) is 3.50. The second-order valence-electron chi connectivity index (χ2n) is 4.78. The van der Waals surface area contributed by atoms with Crippen LogP contribution in [0.2, 0.25) is 0 Å². The number of sulfonamides is 1. The molecular formula is C12H16BrClF2N2O2S. The molecule has 0 saturated carbocycles. The molecule has 1 aromatic rings. The number of piperidine rings is 1. The van der Waals surface area contributed by atoms with E-state index < -0.39 is 26.6 Å². The fourth-order valence-electron chi connectivity index (χ4n) is 2.23. The van der Waals surface area contributed by atoms with Crippen LogP contribution < -0.4 is 5.73 Å². The van der Waals surface area contributed by atoms with Crippen molar-refractivity contribution in [2.75, 3.05) is 19.6 Å². The van der Waals surface area contributed by atoms with Gasteiger partial charge in [-0.2, -0.15) is 4.31 Å². The Balaban J connectivity index is 0.00000220. The molecule has 1 aliphatic rings. The lowest BCUT2D eigenvalue weighted by Gasteiger charge is -2.30. The van der Waals surface area contributed by atoms with Gasteiger partial charge in [-0.05, 0) is 47.3 Å². The summed E-state index contributed by atoms with van der Waals surface area (Å²) in [7, 11) is -3.94. The van der Waals surface area contributed by atoms with Crippen LogP contribution in [0, 0.1) is 17.6 Å². The molecule has 1 heterocycles. The van der Waals surface area contributed by atoms with Crippen LogP contribution in [0.5, 0.6) is 0 Å². The number of nitrogens with two attached hydrogens (primary N) is 1. The normalized spacial score (nSPS) is 17.5. The van der Waals surface area contributed by atoms with E-state index in [-0.39, 0.29) is 16.9 Å². The Morgan fingerprint density at radius 3 is 2.33 bits per heavy atom. The van der Waals surface area contributed by atoms with Crippen LogP contribution in [-0.4, -0.2) is 32.4 Å². The van der Waals surface area contributed by atoms with E-state index in [9.17, 15) is 17.2 Å². The Bertz CT molecular complexity index is 608. The van der Waals surface area contributed by atoms with Gasteiger partial charge in [0.25, 0.3) is 0 Å². The first-order valence-electron chi connectivity index (χ1n) is 6.21. The van der Waals surface area contributed by atoms with Gasteiger partial charge in [0.05, 0.1) is 4.47 Å². The Kier molecular flexibility index (Phi) is 6.54. The van der Waals surface area contributed by atoms with E-state index in [1.807, 2.05) is 0 Å². The van der Waals surface area contributed by atoms with Crippen molar-refractivity contribution >= 4 is 38.4 Å². The topological polar surface area (TPSA) is 63.4 Å². The minimum Gasteiger partial charge on any atom is -0.330 e. The van der Waals surface area contributed by atoms with Gasteiger partial charge in [-0.3, -0.25) is 0 Å². The second-order valence-corrected chi connectivity index (χ2v) is 7.54. The largest absolute Gasteiger partial charge is 0.330 e. The van der Waals surface area contributed by atoms with Crippen molar-refractivity contribution in [2.45, 2.75) is 17.7 Å².